The highest BCUT2D eigenvalue weighted by Crippen LogP contribution is 2.38. The standard InChI is InChI=1S/C18H14F3N5O3S/c1-2-9-23-30(27,28)26-16-17(25-14-8-4-3-7-13(14)24-16)29-15(18(19,20)21)12-6-5-10-22-11-12/h1,3-8,10-11,15,23H,9H2,(H,24,26). The predicted molar refractivity (Wildman–Crippen MR) is 103 cm³/mol. The summed E-state index contributed by atoms with van der Waals surface area (Å²) in [5.74, 6) is 0.882. The second-order valence-corrected chi connectivity index (χ2v) is 7.32. The number of rotatable bonds is 7. The van der Waals surface area contributed by atoms with Gasteiger partial charge >= 0.3 is 16.4 Å². The minimum absolute atomic E-state index is 0.208. The third-order valence-corrected chi connectivity index (χ3v) is 4.63. The average molecular weight is 437 g/mol. The van der Waals surface area contributed by atoms with Crippen LogP contribution in [0.1, 0.15) is 11.7 Å². The first-order valence-electron chi connectivity index (χ1n) is 8.30. The average Bonchev–Trinajstić information content (AvgIpc) is 2.70. The largest absolute Gasteiger partial charge is 0.457 e. The number of hydrogen-bond donors (Lipinski definition) is 2. The summed E-state index contributed by atoms with van der Waals surface area (Å²) >= 11 is 0. The molecule has 0 spiro atoms. The Bertz CT molecular complexity index is 1180. The lowest BCUT2D eigenvalue weighted by Crippen LogP contribution is -2.32. The molecule has 1 unspecified atom stereocenters. The fourth-order valence-corrected chi connectivity index (χ4v) is 3.13. The van der Waals surface area contributed by atoms with Crippen LogP contribution in [0.2, 0.25) is 0 Å². The quantitative estimate of drug-likeness (QED) is 0.551. The Morgan fingerprint density at radius 3 is 2.43 bits per heavy atom. The molecule has 2 heterocycles. The van der Waals surface area contributed by atoms with E-state index in [2.05, 4.69) is 20.9 Å². The number of nitrogens with zero attached hydrogens (tertiary/aromatic N) is 3. The number of aromatic nitrogens is 3. The van der Waals surface area contributed by atoms with Crippen molar-refractivity contribution in [2.24, 2.45) is 0 Å². The third-order valence-electron chi connectivity index (χ3n) is 3.65. The summed E-state index contributed by atoms with van der Waals surface area (Å²) in [4.78, 5) is 11.7. The molecular weight excluding hydrogens is 423 g/mol. The van der Waals surface area contributed by atoms with Gasteiger partial charge in [-0.25, -0.2) is 9.97 Å². The first-order chi connectivity index (χ1) is 14.2. The fraction of sp³-hybridized carbons (Fsp3) is 0.167. The lowest BCUT2D eigenvalue weighted by atomic mass is 10.1. The lowest BCUT2D eigenvalue weighted by Gasteiger charge is -2.22. The van der Waals surface area contributed by atoms with Gasteiger partial charge in [0.1, 0.15) is 0 Å². The first kappa shape index (κ1) is 21.3. The second-order valence-electron chi connectivity index (χ2n) is 5.82. The van der Waals surface area contributed by atoms with Gasteiger partial charge < -0.3 is 4.74 Å². The van der Waals surface area contributed by atoms with Crippen LogP contribution in [0.5, 0.6) is 5.88 Å². The van der Waals surface area contributed by atoms with Crippen LogP contribution in [0.3, 0.4) is 0 Å². The van der Waals surface area contributed by atoms with Gasteiger partial charge in [0.05, 0.1) is 17.6 Å². The maximum atomic E-state index is 13.7. The number of halogens is 3. The number of anilines is 1. The van der Waals surface area contributed by atoms with Crippen molar-refractivity contribution < 1.29 is 26.3 Å². The van der Waals surface area contributed by atoms with Crippen LogP contribution in [-0.2, 0) is 10.2 Å². The van der Waals surface area contributed by atoms with Gasteiger partial charge in [0.2, 0.25) is 11.9 Å². The van der Waals surface area contributed by atoms with Crippen molar-refractivity contribution in [1.82, 2.24) is 19.7 Å². The number of ether oxygens (including phenoxy) is 1. The van der Waals surface area contributed by atoms with Crippen molar-refractivity contribution in [2.45, 2.75) is 12.3 Å². The molecule has 0 fully saturated rings. The Hall–Kier alpha value is -3.43. The molecule has 2 N–H and O–H groups in total. The van der Waals surface area contributed by atoms with E-state index in [1.807, 2.05) is 9.44 Å². The number of benzene rings is 1. The molecule has 156 valence electrons. The summed E-state index contributed by atoms with van der Waals surface area (Å²) in [6, 6.07) is 8.72. The van der Waals surface area contributed by atoms with E-state index in [-0.39, 0.29) is 23.1 Å². The van der Waals surface area contributed by atoms with Crippen LogP contribution in [0, 0.1) is 12.3 Å². The van der Waals surface area contributed by atoms with Crippen molar-refractivity contribution in [3.05, 3.63) is 54.4 Å². The molecule has 0 aliphatic rings. The Morgan fingerprint density at radius 2 is 1.83 bits per heavy atom. The summed E-state index contributed by atoms with van der Waals surface area (Å²) in [6.07, 6.45) is 0.0292. The smallest absolute Gasteiger partial charge is 0.429 e. The Labute approximate surface area is 169 Å². The van der Waals surface area contributed by atoms with Crippen molar-refractivity contribution in [3.8, 4) is 18.2 Å². The van der Waals surface area contributed by atoms with Gasteiger partial charge in [-0.05, 0) is 18.2 Å². The highest BCUT2D eigenvalue weighted by Gasteiger charge is 2.44. The molecule has 1 aromatic carbocycles. The Balaban J connectivity index is 2.07. The van der Waals surface area contributed by atoms with E-state index >= 15 is 0 Å². The van der Waals surface area contributed by atoms with Crippen LogP contribution < -0.4 is 14.2 Å². The summed E-state index contributed by atoms with van der Waals surface area (Å²) in [5, 5.41) is 0. The lowest BCUT2D eigenvalue weighted by molar-refractivity contribution is -0.198. The van der Waals surface area contributed by atoms with Crippen LogP contribution in [0.25, 0.3) is 11.0 Å². The normalized spacial score (nSPS) is 12.9. The first-order valence-corrected chi connectivity index (χ1v) is 9.79. The number of para-hydroxylation sites is 2. The summed E-state index contributed by atoms with van der Waals surface area (Å²) in [5.41, 5.74) is 0.155. The zero-order valence-corrected chi connectivity index (χ0v) is 15.9. The zero-order valence-electron chi connectivity index (χ0n) is 15.1. The number of alkyl halides is 3. The molecule has 2 aromatic heterocycles. The van der Waals surface area contributed by atoms with Gasteiger partial charge in [0.25, 0.3) is 5.88 Å². The molecule has 3 rings (SSSR count). The molecule has 0 aliphatic carbocycles. The van der Waals surface area contributed by atoms with Crippen molar-refractivity contribution in [3.63, 3.8) is 0 Å². The van der Waals surface area contributed by atoms with Crippen LogP contribution in [0.4, 0.5) is 19.0 Å². The van der Waals surface area contributed by atoms with Crippen LogP contribution in [0.15, 0.2) is 48.8 Å². The van der Waals surface area contributed by atoms with Gasteiger partial charge in [-0.3, -0.25) is 9.71 Å². The number of terminal acetylenes is 1. The maximum Gasteiger partial charge on any atom is 0.429 e. The van der Waals surface area contributed by atoms with Crippen LogP contribution in [-0.4, -0.2) is 36.1 Å². The highest BCUT2D eigenvalue weighted by atomic mass is 32.2. The van der Waals surface area contributed by atoms with E-state index in [1.54, 1.807) is 12.1 Å². The number of hydrogen-bond acceptors (Lipinski definition) is 6. The van der Waals surface area contributed by atoms with E-state index in [4.69, 9.17) is 11.2 Å². The second kappa shape index (κ2) is 8.52. The van der Waals surface area contributed by atoms with Gasteiger partial charge in [0.15, 0.2) is 0 Å². The van der Waals surface area contributed by atoms with Crippen molar-refractivity contribution in [2.75, 3.05) is 11.3 Å². The summed E-state index contributed by atoms with van der Waals surface area (Å²) in [6.45, 7) is -0.340. The third kappa shape index (κ3) is 5.13. The highest BCUT2D eigenvalue weighted by molar-refractivity contribution is 7.90. The van der Waals surface area contributed by atoms with Gasteiger partial charge in [-0.15, -0.1) is 6.42 Å². The summed E-state index contributed by atoms with van der Waals surface area (Å²) < 4.78 is 74.4. The molecule has 0 radical (unpaired) electrons. The number of pyridine rings is 1. The fourth-order valence-electron chi connectivity index (χ4n) is 2.40. The number of fused-ring (bicyclic) bond motifs is 1. The molecule has 12 heteroatoms. The van der Waals surface area contributed by atoms with Crippen molar-refractivity contribution >= 4 is 27.1 Å². The van der Waals surface area contributed by atoms with E-state index < -0.39 is 34.2 Å². The van der Waals surface area contributed by atoms with E-state index in [0.717, 1.165) is 6.20 Å². The molecule has 0 aliphatic heterocycles. The maximum absolute atomic E-state index is 13.7. The van der Waals surface area contributed by atoms with Crippen LogP contribution >= 0.6 is 0 Å². The van der Waals surface area contributed by atoms with Gasteiger partial charge in [0, 0.05) is 18.0 Å². The van der Waals surface area contributed by atoms with Gasteiger partial charge in [-0.2, -0.15) is 26.3 Å². The Kier molecular flexibility index (Phi) is 6.04. The molecule has 3 aromatic rings. The van der Waals surface area contributed by atoms with E-state index in [9.17, 15) is 21.6 Å². The van der Waals surface area contributed by atoms with Crippen molar-refractivity contribution in [1.29, 1.82) is 0 Å². The summed E-state index contributed by atoms with van der Waals surface area (Å²) in [7, 11) is -4.24. The van der Waals surface area contributed by atoms with Gasteiger partial charge in [-0.1, -0.05) is 24.1 Å². The minimum atomic E-state index is -4.84. The predicted octanol–water partition coefficient (Wildman–Crippen LogP) is 2.59. The topological polar surface area (TPSA) is 106 Å². The zero-order chi connectivity index (χ0) is 21.8. The molecule has 0 bridgehead atoms. The molecule has 8 nitrogen and oxygen atoms in total. The Morgan fingerprint density at radius 1 is 1.13 bits per heavy atom. The molecule has 0 saturated heterocycles. The molecular formula is C18H14F3N5O3S. The molecule has 0 amide bonds. The number of nitrogens with one attached hydrogen (secondary N) is 2. The minimum Gasteiger partial charge on any atom is -0.457 e. The SMILES string of the molecule is C#CCNS(=O)(=O)Nc1nc2ccccc2nc1OC(c1cccnc1)C(F)(F)F. The monoisotopic (exact) mass is 437 g/mol. The molecule has 0 saturated carbocycles. The molecule has 1 atom stereocenters. The molecule has 30 heavy (non-hydrogen) atoms. The van der Waals surface area contributed by atoms with E-state index in [1.165, 1.54) is 30.5 Å². The van der Waals surface area contributed by atoms with E-state index in [0.29, 0.717) is 0 Å².